The molecule has 3 N–H and O–H groups in total. The van der Waals surface area contributed by atoms with Crippen molar-refractivity contribution in [1.82, 2.24) is 10.3 Å². The van der Waals surface area contributed by atoms with Gasteiger partial charge >= 0.3 is 0 Å². The van der Waals surface area contributed by atoms with Crippen LogP contribution in [0.4, 0.5) is 0 Å². The minimum absolute atomic E-state index is 0.186. The Hall–Kier alpha value is -2.16. The number of carbonyl (C=O) groups is 1. The van der Waals surface area contributed by atoms with Crippen molar-refractivity contribution in [3.63, 3.8) is 0 Å². The summed E-state index contributed by atoms with van der Waals surface area (Å²) in [5, 5.41) is 2.84. The minimum Gasteiger partial charge on any atom is -0.346 e. The molecule has 0 aliphatic carbocycles. The molecule has 102 valence electrons. The number of hydrogen-bond donors (Lipinski definition) is 2. The largest absolute Gasteiger partial charge is 0.346 e. The molecular formula is C15H15N3OS. The molecule has 2 aromatic rings. The van der Waals surface area contributed by atoms with Gasteiger partial charge in [0.15, 0.2) is 0 Å². The van der Waals surface area contributed by atoms with Gasteiger partial charge < -0.3 is 11.1 Å². The number of aryl methyl sites for hydroxylation is 1. The fourth-order valence-electron chi connectivity index (χ4n) is 1.59. The molecule has 0 aliphatic rings. The third-order valence-corrected chi connectivity index (χ3v) is 3.55. The molecule has 20 heavy (non-hydrogen) atoms. The van der Waals surface area contributed by atoms with Gasteiger partial charge in [-0.2, -0.15) is 0 Å². The van der Waals surface area contributed by atoms with E-state index in [1.165, 1.54) is 4.88 Å². The molecule has 0 radical (unpaired) electrons. The number of amides is 1. The van der Waals surface area contributed by atoms with E-state index in [-0.39, 0.29) is 5.91 Å². The maximum Gasteiger partial charge on any atom is 0.270 e. The monoisotopic (exact) mass is 285 g/mol. The Morgan fingerprint density at radius 2 is 2.25 bits per heavy atom. The number of pyridine rings is 1. The van der Waals surface area contributed by atoms with Crippen molar-refractivity contribution in [2.75, 3.05) is 6.54 Å². The summed E-state index contributed by atoms with van der Waals surface area (Å²) < 4.78 is 0. The van der Waals surface area contributed by atoms with Crippen LogP contribution in [0.1, 0.15) is 25.8 Å². The number of nitrogens with two attached hydrogens (primary N) is 1. The summed E-state index contributed by atoms with van der Waals surface area (Å²) in [6.07, 6.45) is 1.58. The summed E-state index contributed by atoms with van der Waals surface area (Å²) in [6.45, 7) is 2.87. The molecule has 0 aromatic carbocycles. The molecule has 2 aromatic heterocycles. The van der Waals surface area contributed by atoms with Crippen LogP contribution in [0.2, 0.25) is 0 Å². The topological polar surface area (TPSA) is 68.0 Å². The van der Waals surface area contributed by atoms with Crippen LogP contribution in [0.25, 0.3) is 0 Å². The molecule has 0 fully saturated rings. The number of nitrogens with one attached hydrogen (secondary N) is 1. The second-order valence-corrected chi connectivity index (χ2v) is 5.51. The quantitative estimate of drug-likeness (QED) is 0.843. The van der Waals surface area contributed by atoms with Crippen LogP contribution in [-0.2, 0) is 6.54 Å². The molecule has 1 amide bonds. The maximum atomic E-state index is 11.9. The van der Waals surface area contributed by atoms with Crippen molar-refractivity contribution in [1.29, 1.82) is 0 Å². The molecular weight excluding hydrogens is 270 g/mol. The van der Waals surface area contributed by atoms with Crippen LogP contribution in [-0.4, -0.2) is 17.4 Å². The number of nitrogens with zero attached hydrogens (tertiary/aromatic N) is 1. The first-order chi connectivity index (χ1) is 9.69. The standard InChI is InChI=1S/C15H15N3OS/c1-11-4-6-13(20-11)10-18-15(19)14-7-5-12(9-17-14)3-2-8-16/h4-7,9H,8,10,16H2,1H3,(H,18,19). The van der Waals surface area contributed by atoms with E-state index in [0.717, 1.165) is 10.4 Å². The first-order valence-corrected chi connectivity index (χ1v) is 6.99. The van der Waals surface area contributed by atoms with E-state index in [4.69, 9.17) is 5.73 Å². The van der Waals surface area contributed by atoms with Crippen LogP contribution in [0.15, 0.2) is 30.5 Å². The Morgan fingerprint density at radius 1 is 1.40 bits per heavy atom. The van der Waals surface area contributed by atoms with Gasteiger partial charge in [-0.05, 0) is 31.2 Å². The summed E-state index contributed by atoms with van der Waals surface area (Å²) in [6, 6.07) is 7.48. The second-order valence-electron chi connectivity index (χ2n) is 4.13. The molecule has 0 atom stereocenters. The van der Waals surface area contributed by atoms with Crippen LogP contribution in [0.3, 0.4) is 0 Å². The Labute approximate surface area is 122 Å². The van der Waals surface area contributed by atoms with Crippen LogP contribution >= 0.6 is 11.3 Å². The molecule has 0 bridgehead atoms. The molecule has 0 saturated heterocycles. The number of carbonyl (C=O) groups excluding carboxylic acids is 1. The summed E-state index contributed by atoms with van der Waals surface area (Å²) in [5.74, 6) is 5.42. The zero-order valence-electron chi connectivity index (χ0n) is 11.1. The predicted octanol–water partition coefficient (Wildman–Crippen LogP) is 1.69. The lowest BCUT2D eigenvalue weighted by molar-refractivity contribution is 0.0946. The predicted molar refractivity (Wildman–Crippen MR) is 80.4 cm³/mol. The highest BCUT2D eigenvalue weighted by Gasteiger charge is 2.07. The molecule has 0 saturated carbocycles. The molecule has 0 aliphatic heterocycles. The van der Waals surface area contributed by atoms with E-state index < -0.39 is 0 Å². The Kier molecular flexibility index (Phi) is 4.88. The van der Waals surface area contributed by atoms with Crippen molar-refractivity contribution in [2.45, 2.75) is 13.5 Å². The van der Waals surface area contributed by atoms with Gasteiger partial charge in [-0.15, -0.1) is 11.3 Å². The molecule has 5 heteroatoms. The molecule has 0 spiro atoms. The SMILES string of the molecule is Cc1ccc(CNC(=O)c2ccc(C#CCN)cn2)s1. The molecule has 2 rings (SSSR count). The smallest absolute Gasteiger partial charge is 0.270 e. The molecule has 4 nitrogen and oxygen atoms in total. The van der Waals surface area contributed by atoms with E-state index in [9.17, 15) is 4.79 Å². The average molecular weight is 285 g/mol. The summed E-state index contributed by atoms with van der Waals surface area (Å²) in [5.41, 5.74) is 6.43. The van der Waals surface area contributed by atoms with Crippen LogP contribution in [0.5, 0.6) is 0 Å². The van der Waals surface area contributed by atoms with Crippen LogP contribution < -0.4 is 11.1 Å². The number of hydrogen-bond acceptors (Lipinski definition) is 4. The molecule has 2 heterocycles. The van der Waals surface area contributed by atoms with Crippen molar-refractivity contribution < 1.29 is 4.79 Å². The Morgan fingerprint density at radius 3 is 2.85 bits per heavy atom. The highest BCUT2D eigenvalue weighted by atomic mass is 32.1. The minimum atomic E-state index is -0.186. The maximum absolute atomic E-state index is 11.9. The van der Waals surface area contributed by atoms with Gasteiger partial charge in [0.1, 0.15) is 5.69 Å². The fourth-order valence-corrected chi connectivity index (χ4v) is 2.42. The highest BCUT2D eigenvalue weighted by Crippen LogP contribution is 2.14. The van der Waals surface area contributed by atoms with E-state index in [1.807, 2.05) is 19.1 Å². The van der Waals surface area contributed by atoms with Crippen molar-refractivity contribution in [3.8, 4) is 11.8 Å². The summed E-state index contributed by atoms with van der Waals surface area (Å²) in [7, 11) is 0. The van der Waals surface area contributed by atoms with Crippen LogP contribution in [0, 0.1) is 18.8 Å². The van der Waals surface area contributed by atoms with E-state index >= 15 is 0 Å². The second kappa shape index (κ2) is 6.85. The van der Waals surface area contributed by atoms with Crippen molar-refractivity contribution >= 4 is 17.2 Å². The summed E-state index contributed by atoms with van der Waals surface area (Å²) >= 11 is 1.67. The zero-order valence-corrected chi connectivity index (χ0v) is 12.0. The van der Waals surface area contributed by atoms with Gasteiger partial charge in [0, 0.05) is 21.5 Å². The lowest BCUT2D eigenvalue weighted by Crippen LogP contribution is -2.23. The fraction of sp³-hybridized carbons (Fsp3) is 0.200. The lowest BCUT2D eigenvalue weighted by atomic mass is 10.2. The van der Waals surface area contributed by atoms with Gasteiger partial charge in [-0.25, -0.2) is 4.98 Å². The average Bonchev–Trinajstić information content (AvgIpc) is 2.89. The summed E-state index contributed by atoms with van der Waals surface area (Å²) in [4.78, 5) is 18.4. The van der Waals surface area contributed by atoms with Gasteiger partial charge in [-0.3, -0.25) is 4.79 Å². The third kappa shape index (κ3) is 3.92. The number of aromatic nitrogens is 1. The Balaban J connectivity index is 1.95. The Bertz CT molecular complexity index is 650. The van der Waals surface area contributed by atoms with E-state index in [0.29, 0.717) is 18.8 Å². The van der Waals surface area contributed by atoms with Crippen molar-refractivity contribution in [3.05, 3.63) is 51.5 Å². The molecule has 0 unspecified atom stereocenters. The first-order valence-electron chi connectivity index (χ1n) is 6.17. The normalized spacial score (nSPS) is 9.70. The van der Waals surface area contributed by atoms with E-state index in [1.54, 1.807) is 29.7 Å². The van der Waals surface area contributed by atoms with Gasteiger partial charge in [0.25, 0.3) is 5.91 Å². The van der Waals surface area contributed by atoms with Crippen molar-refractivity contribution in [2.24, 2.45) is 5.73 Å². The zero-order chi connectivity index (χ0) is 14.4. The van der Waals surface area contributed by atoms with Gasteiger partial charge in [0.2, 0.25) is 0 Å². The third-order valence-electron chi connectivity index (χ3n) is 2.55. The highest BCUT2D eigenvalue weighted by molar-refractivity contribution is 7.11. The van der Waals surface area contributed by atoms with Gasteiger partial charge in [0.05, 0.1) is 13.1 Å². The van der Waals surface area contributed by atoms with Gasteiger partial charge in [-0.1, -0.05) is 11.8 Å². The number of rotatable bonds is 3. The first kappa shape index (κ1) is 14.3. The lowest BCUT2D eigenvalue weighted by Gasteiger charge is -2.02. The number of thiophene rings is 1. The van der Waals surface area contributed by atoms with E-state index in [2.05, 4.69) is 22.1 Å².